The SMILES string of the molecule is O=C(NCc1ccc(Cl)cc1)c1cnc2ccc(NCCO)cc2c1O. The molecule has 3 rings (SSSR count). The first-order chi connectivity index (χ1) is 12.6. The molecule has 1 heterocycles. The van der Waals surface area contributed by atoms with Gasteiger partial charge in [-0.3, -0.25) is 9.78 Å². The summed E-state index contributed by atoms with van der Waals surface area (Å²) in [5.41, 5.74) is 2.30. The van der Waals surface area contributed by atoms with Crippen LogP contribution >= 0.6 is 11.6 Å². The van der Waals surface area contributed by atoms with Gasteiger partial charge in [0.1, 0.15) is 11.3 Å². The molecule has 0 atom stereocenters. The van der Waals surface area contributed by atoms with Crippen molar-refractivity contribution in [3.63, 3.8) is 0 Å². The zero-order chi connectivity index (χ0) is 18.5. The van der Waals surface area contributed by atoms with Gasteiger partial charge in [0, 0.05) is 35.4 Å². The predicted molar refractivity (Wildman–Crippen MR) is 102 cm³/mol. The van der Waals surface area contributed by atoms with Gasteiger partial charge < -0.3 is 20.8 Å². The highest BCUT2D eigenvalue weighted by atomic mass is 35.5. The molecule has 0 saturated carbocycles. The summed E-state index contributed by atoms with van der Waals surface area (Å²) < 4.78 is 0. The van der Waals surface area contributed by atoms with E-state index < -0.39 is 5.91 Å². The molecule has 7 heteroatoms. The van der Waals surface area contributed by atoms with Crippen LogP contribution < -0.4 is 10.6 Å². The zero-order valence-electron chi connectivity index (χ0n) is 13.9. The lowest BCUT2D eigenvalue weighted by Gasteiger charge is -2.10. The van der Waals surface area contributed by atoms with Gasteiger partial charge in [0.15, 0.2) is 0 Å². The average Bonchev–Trinajstić information content (AvgIpc) is 2.66. The van der Waals surface area contributed by atoms with Crippen LogP contribution in [0.15, 0.2) is 48.7 Å². The second-order valence-electron chi connectivity index (χ2n) is 5.71. The molecule has 26 heavy (non-hydrogen) atoms. The molecular weight excluding hydrogens is 354 g/mol. The summed E-state index contributed by atoms with van der Waals surface area (Å²) in [5, 5.41) is 26.3. The molecule has 0 spiro atoms. The number of carbonyl (C=O) groups is 1. The number of nitrogens with zero attached hydrogens (tertiary/aromatic N) is 1. The van der Waals surface area contributed by atoms with Crippen LogP contribution in [-0.4, -0.2) is 34.3 Å². The number of hydrogen-bond acceptors (Lipinski definition) is 5. The van der Waals surface area contributed by atoms with Crippen molar-refractivity contribution in [3.8, 4) is 5.75 Å². The molecular formula is C19H18ClN3O3. The van der Waals surface area contributed by atoms with Crippen LogP contribution in [-0.2, 0) is 6.54 Å². The zero-order valence-corrected chi connectivity index (χ0v) is 14.6. The third-order valence-electron chi connectivity index (χ3n) is 3.89. The van der Waals surface area contributed by atoms with E-state index >= 15 is 0 Å². The number of fused-ring (bicyclic) bond motifs is 1. The molecule has 0 aliphatic rings. The summed E-state index contributed by atoms with van der Waals surface area (Å²) in [5.74, 6) is -0.545. The van der Waals surface area contributed by atoms with E-state index in [1.54, 1.807) is 30.3 Å². The number of amides is 1. The third-order valence-corrected chi connectivity index (χ3v) is 4.14. The molecule has 0 saturated heterocycles. The quantitative estimate of drug-likeness (QED) is 0.534. The van der Waals surface area contributed by atoms with Gasteiger partial charge in [-0.15, -0.1) is 0 Å². The lowest BCUT2D eigenvalue weighted by molar-refractivity contribution is 0.0948. The van der Waals surface area contributed by atoms with Crippen LogP contribution in [0.3, 0.4) is 0 Å². The van der Waals surface area contributed by atoms with Gasteiger partial charge in [0.25, 0.3) is 5.91 Å². The molecule has 0 aliphatic carbocycles. The predicted octanol–water partition coefficient (Wildman–Crippen LogP) is 2.93. The minimum atomic E-state index is -0.416. The van der Waals surface area contributed by atoms with E-state index in [-0.39, 0.29) is 17.9 Å². The molecule has 0 unspecified atom stereocenters. The number of pyridine rings is 1. The monoisotopic (exact) mass is 371 g/mol. The van der Waals surface area contributed by atoms with Crippen LogP contribution in [0, 0.1) is 0 Å². The normalized spacial score (nSPS) is 10.7. The number of aliphatic hydroxyl groups is 1. The second kappa shape index (κ2) is 8.03. The van der Waals surface area contributed by atoms with Crippen LogP contribution in [0.1, 0.15) is 15.9 Å². The van der Waals surface area contributed by atoms with Gasteiger partial charge >= 0.3 is 0 Å². The maximum Gasteiger partial charge on any atom is 0.256 e. The van der Waals surface area contributed by atoms with Crippen molar-refractivity contribution in [1.82, 2.24) is 10.3 Å². The van der Waals surface area contributed by atoms with Crippen molar-refractivity contribution in [2.45, 2.75) is 6.54 Å². The molecule has 1 amide bonds. The van der Waals surface area contributed by atoms with Gasteiger partial charge in [-0.2, -0.15) is 0 Å². The fraction of sp³-hybridized carbons (Fsp3) is 0.158. The van der Waals surface area contributed by atoms with Crippen molar-refractivity contribution in [3.05, 3.63) is 64.8 Å². The summed E-state index contributed by atoms with van der Waals surface area (Å²) in [6.07, 6.45) is 1.36. The Labute approximate surface area is 155 Å². The maximum absolute atomic E-state index is 12.4. The van der Waals surface area contributed by atoms with Crippen molar-refractivity contribution < 1.29 is 15.0 Å². The van der Waals surface area contributed by atoms with Crippen LogP contribution in [0.4, 0.5) is 5.69 Å². The minimum Gasteiger partial charge on any atom is -0.506 e. The number of aromatic hydroxyl groups is 1. The topological polar surface area (TPSA) is 94.5 Å². The average molecular weight is 372 g/mol. The minimum absolute atomic E-state index is 0.00455. The summed E-state index contributed by atoms with van der Waals surface area (Å²) >= 11 is 5.84. The highest BCUT2D eigenvalue weighted by Gasteiger charge is 2.15. The molecule has 2 aromatic carbocycles. The first-order valence-electron chi connectivity index (χ1n) is 8.07. The standard InChI is InChI=1S/C19H18ClN3O3/c20-13-3-1-12(2-4-13)10-23-19(26)16-11-22-17-6-5-14(21-7-8-24)9-15(17)18(16)25/h1-6,9,11,21,24H,7-8,10H2,(H,22,25)(H,23,26). The Hall–Kier alpha value is -2.83. The van der Waals surface area contributed by atoms with Gasteiger partial charge in [-0.1, -0.05) is 23.7 Å². The van der Waals surface area contributed by atoms with E-state index in [1.807, 2.05) is 12.1 Å². The van der Waals surface area contributed by atoms with E-state index in [0.29, 0.717) is 29.0 Å². The number of aromatic nitrogens is 1. The third kappa shape index (κ3) is 4.04. The molecule has 0 aliphatic heterocycles. The highest BCUT2D eigenvalue weighted by Crippen LogP contribution is 2.29. The number of rotatable bonds is 6. The van der Waals surface area contributed by atoms with Crippen molar-refractivity contribution in [2.24, 2.45) is 0 Å². The lowest BCUT2D eigenvalue weighted by atomic mass is 10.1. The number of carbonyl (C=O) groups excluding carboxylic acids is 1. The van der Waals surface area contributed by atoms with E-state index in [2.05, 4.69) is 15.6 Å². The number of nitrogens with one attached hydrogen (secondary N) is 2. The molecule has 4 N–H and O–H groups in total. The number of aliphatic hydroxyl groups excluding tert-OH is 1. The Kier molecular flexibility index (Phi) is 5.55. The van der Waals surface area contributed by atoms with Crippen molar-refractivity contribution in [1.29, 1.82) is 0 Å². The fourth-order valence-corrected chi connectivity index (χ4v) is 2.66. The number of halogens is 1. The fourth-order valence-electron chi connectivity index (χ4n) is 2.53. The summed E-state index contributed by atoms with van der Waals surface area (Å²) in [4.78, 5) is 16.7. The highest BCUT2D eigenvalue weighted by molar-refractivity contribution is 6.30. The van der Waals surface area contributed by atoms with E-state index in [0.717, 1.165) is 11.3 Å². The number of benzene rings is 2. The first-order valence-corrected chi connectivity index (χ1v) is 8.45. The van der Waals surface area contributed by atoms with E-state index in [1.165, 1.54) is 6.20 Å². The summed E-state index contributed by atoms with van der Waals surface area (Å²) in [6, 6.07) is 12.4. The molecule has 6 nitrogen and oxygen atoms in total. The smallest absolute Gasteiger partial charge is 0.256 e. The van der Waals surface area contributed by atoms with Gasteiger partial charge in [0.05, 0.1) is 12.1 Å². The van der Waals surface area contributed by atoms with Crippen molar-refractivity contribution in [2.75, 3.05) is 18.5 Å². The Balaban J connectivity index is 1.80. The molecule has 0 radical (unpaired) electrons. The molecule has 134 valence electrons. The summed E-state index contributed by atoms with van der Waals surface area (Å²) in [7, 11) is 0. The van der Waals surface area contributed by atoms with Gasteiger partial charge in [0.2, 0.25) is 0 Å². The van der Waals surface area contributed by atoms with Crippen LogP contribution in [0.5, 0.6) is 5.75 Å². The Morgan fingerprint density at radius 3 is 2.65 bits per heavy atom. The number of anilines is 1. The number of hydrogen-bond donors (Lipinski definition) is 4. The molecule has 1 aromatic heterocycles. The van der Waals surface area contributed by atoms with E-state index in [9.17, 15) is 9.90 Å². The second-order valence-corrected chi connectivity index (χ2v) is 6.15. The van der Waals surface area contributed by atoms with E-state index in [4.69, 9.17) is 16.7 Å². The van der Waals surface area contributed by atoms with Gasteiger partial charge in [-0.05, 0) is 35.9 Å². The first kappa shape index (κ1) is 18.0. The largest absolute Gasteiger partial charge is 0.506 e. The Morgan fingerprint density at radius 2 is 1.92 bits per heavy atom. The molecule has 0 bridgehead atoms. The molecule has 0 fully saturated rings. The van der Waals surface area contributed by atoms with Gasteiger partial charge in [-0.25, -0.2) is 0 Å². The maximum atomic E-state index is 12.4. The Bertz CT molecular complexity index is 929. The van der Waals surface area contributed by atoms with Crippen LogP contribution in [0.2, 0.25) is 5.02 Å². The van der Waals surface area contributed by atoms with Crippen molar-refractivity contribution >= 4 is 34.1 Å². The van der Waals surface area contributed by atoms with Crippen LogP contribution in [0.25, 0.3) is 10.9 Å². The Morgan fingerprint density at radius 1 is 1.15 bits per heavy atom. The summed E-state index contributed by atoms with van der Waals surface area (Å²) in [6.45, 7) is 0.696. The molecule has 3 aromatic rings. The lowest BCUT2D eigenvalue weighted by Crippen LogP contribution is -2.23.